The molecule has 0 bridgehead atoms. The molecule has 10 heteroatoms. The van der Waals surface area contributed by atoms with Gasteiger partial charge in [-0.3, -0.25) is 10.1 Å². The highest BCUT2D eigenvalue weighted by atomic mass is 32.2. The molecule has 0 spiro atoms. The Morgan fingerprint density at radius 1 is 1.60 bits per heavy atom. The molecule has 4 N–H and O–H groups in total. The summed E-state index contributed by atoms with van der Waals surface area (Å²) < 4.78 is 23.3. The SMILES string of the molecule is CN(C)Cc1nc(CSCCC(=N)NS(N)(=O)=O)cs1. The molecule has 1 aromatic heterocycles. The first kappa shape index (κ1) is 17.4. The molecule has 1 rings (SSSR count). The van der Waals surface area contributed by atoms with E-state index in [4.69, 9.17) is 10.5 Å². The second kappa shape index (κ2) is 7.93. The average molecular weight is 337 g/mol. The molecule has 0 atom stereocenters. The van der Waals surface area contributed by atoms with Crippen molar-refractivity contribution in [1.82, 2.24) is 14.6 Å². The minimum Gasteiger partial charge on any atom is -0.303 e. The van der Waals surface area contributed by atoms with Gasteiger partial charge in [0.05, 0.1) is 5.69 Å². The predicted molar refractivity (Wildman–Crippen MR) is 84.3 cm³/mol. The third kappa shape index (κ3) is 7.80. The number of thioether (sulfide) groups is 1. The lowest BCUT2D eigenvalue weighted by molar-refractivity contribution is 0.401. The van der Waals surface area contributed by atoms with Crippen LogP contribution in [0.1, 0.15) is 17.1 Å². The van der Waals surface area contributed by atoms with Crippen LogP contribution in [0.15, 0.2) is 5.38 Å². The zero-order valence-corrected chi connectivity index (χ0v) is 13.9. The van der Waals surface area contributed by atoms with Gasteiger partial charge in [0, 0.05) is 29.9 Å². The molecule has 0 amide bonds. The number of nitrogens with one attached hydrogen (secondary N) is 2. The van der Waals surface area contributed by atoms with Crippen molar-refractivity contribution < 1.29 is 8.42 Å². The molecule has 0 fully saturated rings. The van der Waals surface area contributed by atoms with E-state index in [1.165, 1.54) is 0 Å². The highest BCUT2D eigenvalue weighted by Gasteiger charge is 2.06. The van der Waals surface area contributed by atoms with Crippen LogP contribution in [0.2, 0.25) is 0 Å². The lowest BCUT2D eigenvalue weighted by atomic mass is 10.5. The molecule has 0 saturated heterocycles. The predicted octanol–water partition coefficient (Wildman–Crippen LogP) is 0.598. The highest BCUT2D eigenvalue weighted by Crippen LogP contribution is 2.17. The molecule has 1 heterocycles. The van der Waals surface area contributed by atoms with Gasteiger partial charge in [0.25, 0.3) is 10.2 Å². The zero-order chi connectivity index (χ0) is 15.2. The van der Waals surface area contributed by atoms with E-state index in [1.54, 1.807) is 23.1 Å². The summed E-state index contributed by atoms with van der Waals surface area (Å²) in [5, 5.41) is 15.3. The Morgan fingerprint density at radius 2 is 2.30 bits per heavy atom. The second-order valence-corrected chi connectivity index (χ2v) is 7.74. The maximum atomic E-state index is 10.7. The van der Waals surface area contributed by atoms with Gasteiger partial charge in [-0.2, -0.15) is 20.2 Å². The summed E-state index contributed by atoms with van der Waals surface area (Å²) in [6.07, 6.45) is 0.329. The van der Waals surface area contributed by atoms with E-state index in [9.17, 15) is 8.42 Å². The van der Waals surface area contributed by atoms with Gasteiger partial charge in [-0.25, -0.2) is 10.1 Å². The molecule has 1 aromatic rings. The molecule has 0 saturated carbocycles. The Morgan fingerprint density at radius 3 is 2.90 bits per heavy atom. The van der Waals surface area contributed by atoms with E-state index in [1.807, 2.05) is 24.2 Å². The largest absolute Gasteiger partial charge is 0.303 e. The van der Waals surface area contributed by atoms with Crippen molar-refractivity contribution in [3.05, 3.63) is 16.1 Å². The van der Waals surface area contributed by atoms with Gasteiger partial charge in [-0.15, -0.1) is 11.3 Å². The Labute approximate surface area is 127 Å². The van der Waals surface area contributed by atoms with Crippen LogP contribution in [0.5, 0.6) is 0 Å². The molecular formula is C10H19N5O2S3. The molecule has 20 heavy (non-hydrogen) atoms. The van der Waals surface area contributed by atoms with Crippen LogP contribution in [-0.2, 0) is 22.5 Å². The van der Waals surface area contributed by atoms with E-state index >= 15 is 0 Å². The van der Waals surface area contributed by atoms with Crippen LogP contribution >= 0.6 is 23.1 Å². The normalized spacial score (nSPS) is 11.8. The summed E-state index contributed by atoms with van der Waals surface area (Å²) in [6.45, 7) is 0.832. The smallest absolute Gasteiger partial charge is 0.297 e. The first-order chi connectivity index (χ1) is 9.26. The van der Waals surface area contributed by atoms with Crippen LogP contribution in [0.3, 0.4) is 0 Å². The van der Waals surface area contributed by atoms with E-state index in [-0.39, 0.29) is 5.84 Å². The Balaban J connectivity index is 2.24. The first-order valence-electron chi connectivity index (χ1n) is 5.80. The lowest BCUT2D eigenvalue weighted by Gasteiger charge is -2.05. The maximum Gasteiger partial charge on any atom is 0.297 e. The number of nitrogens with two attached hydrogens (primary N) is 1. The number of hydrogen-bond acceptors (Lipinski definition) is 7. The summed E-state index contributed by atoms with van der Waals surface area (Å²) in [5.41, 5.74) is 1.02. The van der Waals surface area contributed by atoms with Gasteiger partial charge < -0.3 is 4.90 Å². The summed E-state index contributed by atoms with van der Waals surface area (Å²) in [4.78, 5) is 6.56. The molecule has 0 radical (unpaired) electrons. The molecule has 0 unspecified atom stereocenters. The molecule has 7 nitrogen and oxygen atoms in total. The van der Waals surface area contributed by atoms with Crippen molar-refractivity contribution in [3.63, 3.8) is 0 Å². The van der Waals surface area contributed by atoms with Crippen LogP contribution in [0.25, 0.3) is 0 Å². The van der Waals surface area contributed by atoms with Crippen LogP contribution in [-0.4, -0.2) is 44.0 Å². The summed E-state index contributed by atoms with van der Waals surface area (Å²) in [7, 11) is 0.180. The number of amidine groups is 1. The first-order valence-corrected chi connectivity index (χ1v) is 9.38. The number of nitrogens with zero attached hydrogens (tertiary/aromatic N) is 2. The van der Waals surface area contributed by atoms with Gasteiger partial charge in [-0.05, 0) is 14.1 Å². The topological polar surface area (TPSA) is 112 Å². The third-order valence-electron chi connectivity index (χ3n) is 2.06. The fraction of sp³-hybridized carbons (Fsp3) is 0.600. The number of rotatable bonds is 8. The Hall–Kier alpha value is -0.680. The average Bonchev–Trinajstić information content (AvgIpc) is 2.68. The fourth-order valence-electron chi connectivity index (χ4n) is 1.33. The van der Waals surface area contributed by atoms with Gasteiger partial charge in [0.15, 0.2) is 0 Å². The van der Waals surface area contributed by atoms with Gasteiger partial charge in [0.2, 0.25) is 0 Å². The Kier molecular flexibility index (Phi) is 6.89. The van der Waals surface area contributed by atoms with Crippen molar-refractivity contribution >= 4 is 39.1 Å². The fourth-order valence-corrected chi connectivity index (χ4v) is 3.64. The monoisotopic (exact) mass is 337 g/mol. The number of aromatic nitrogens is 1. The van der Waals surface area contributed by atoms with Crippen LogP contribution in [0, 0.1) is 5.41 Å². The summed E-state index contributed by atoms with van der Waals surface area (Å²) in [5.74, 6) is 1.31. The standard InChI is InChI=1S/C10H19N5O2S3/c1-15(2)5-10-13-8(7-19-10)6-18-4-3-9(11)14-20(12,16)17/h7H,3-6H2,1-2H3,(H2,11,14)(H2,12,16,17). The van der Waals surface area contributed by atoms with E-state index in [2.05, 4.69) is 9.88 Å². The van der Waals surface area contributed by atoms with E-state index < -0.39 is 10.2 Å². The minimum absolute atomic E-state index is 0.0911. The third-order valence-corrected chi connectivity index (χ3v) is 4.47. The van der Waals surface area contributed by atoms with Crippen molar-refractivity contribution in [1.29, 1.82) is 5.41 Å². The number of hydrogen-bond donors (Lipinski definition) is 3. The van der Waals surface area contributed by atoms with Gasteiger partial charge in [-0.1, -0.05) is 0 Å². The molecule has 0 aromatic carbocycles. The summed E-state index contributed by atoms with van der Waals surface area (Å²) in [6, 6.07) is 0. The molecule has 0 aliphatic rings. The van der Waals surface area contributed by atoms with Crippen molar-refractivity contribution in [2.75, 3.05) is 19.8 Å². The van der Waals surface area contributed by atoms with E-state index in [0.717, 1.165) is 23.0 Å². The maximum absolute atomic E-state index is 10.7. The van der Waals surface area contributed by atoms with Gasteiger partial charge >= 0.3 is 0 Å². The number of thiazole rings is 1. The van der Waals surface area contributed by atoms with Crippen LogP contribution < -0.4 is 9.86 Å². The Bertz CT molecular complexity index is 541. The lowest BCUT2D eigenvalue weighted by Crippen LogP contribution is -2.35. The van der Waals surface area contributed by atoms with Crippen molar-refractivity contribution in [2.24, 2.45) is 5.14 Å². The van der Waals surface area contributed by atoms with Crippen LogP contribution in [0.4, 0.5) is 0 Å². The quantitative estimate of drug-likeness (QED) is 0.365. The van der Waals surface area contributed by atoms with E-state index in [0.29, 0.717) is 12.2 Å². The van der Waals surface area contributed by atoms with Crippen molar-refractivity contribution in [3.8, 4) is 0 Å². The summed E-state index contributed by atoms with van der Waals surface area (Å²) >= 11 is 3.24. The molecule has 0 aliphatic carbocycles. The molecular weight excluding hydrogens is 318 g/mol. The molecule has 114 valence electrons. The van der Waals surface area contributed by atoms with Crippen molar-refractivity contribution in [2.45, 2.75) is 18.7 Å². The zero-order valence-electron chi connectivity index (χ0n) is 11.4. The highest BCUT2D eigenvalue weighted by molar-refractivity contribution is 7.98. The van der Waals surface area contributed by atoms with Gasteiger partial charge in [0.1, 0.15) is 10.8 Å². The molecule has 0 aliphatic heterocycles. The second-order valence-electron chi connectivity index (χ2n) is 4.40. The minimum atomic E-state index is -3.82.